The number of morpholine rings is 1. The van der Waals surface area contributed by atoms with Crippen LogP contribution in [0.25, 0.3) is 10.8 Å². The average Bonchev–Trinajstić information content (AvgIpc) is 3.08. The van der Waals surface area contributed by atoms with Crippen LogP contribution in [-0.2, 0) is 14.8 Å². The first-order valence-corrected chi connectivity index (χ1v) is 10.4. The van der Waals surface area contributed by atoms with Crippen molar-refractivity contribution in [3.63, 3.8) is 0 Å². The number of amides is 1. The Kier molecular flexibility index (Phi) is 5.14. The summed E-state index contributed by atoms with van der Waals surface area (Å²) < 4.78 is 32.1. The topological polar surface area (TPSA) is 130 Å². The number of nitrogens with one attached hydrogen (secondary N) is 1. The molecule has 29 heavy (non-hydrogen) atoms. The fourth-order valence-corrected chi connectivity index (χ4v) is 4.60. The number of nitrogens with two attached hydrogens (primary N) is 1. The molecule has 3 aromatic rings. The molecule has 9 nitrogen and oxygen atoms in total. The zero-order chi connectivity index (χ0) is 20.4. The Morgan fingerprint density at radius 2 is 1.79 bits per heavy atom. The van der Waals surface area contributed by atoms with Gasteiger partial charge in [0, 0.05) is 29.4 Å². The molecule has 1 aliphatic rings. The number of H-pyrrole nitrogens is 1. The summed E-state index contributed by atoms with van der Waals surface area (Å²) in [7, 11) is -3.70. The molecule has 4 rings (SSSR count). The number of carbonyl (C=O) groups is 1. The molecule has 0 radical (unpaired) electrons. The summed E-state index contributed by atoms with van der Waals surface area (Å²) in [4.78, 5) is 15.4. The number of aromatic nitrogens is 1. The first-order valence-electron chi connectivity index (χ1n) is 8.97. The quantitative estimate of drug-likeness (QED) is 0.635. The highest BCUT2D eigenvalue weighted by atomic mass is 32.2. The van der Waals surface area contributed by atoms with Gasteiger partial charge in [-0.1, -0.05) is 30.3 Å². The molecular weight excluding hydrogens is 394 g/mol. The molecule has 0 atom stereocenters. The molecule has 2 aromatic carbocycles. The van der Waals surface area contributed by atoms with Crippen molar-refractivity contribution in [2.24, 2.45) is 10.2 Å². The zero-order valence-electron chi connectivity index (χ0n) is 15.4. The highest BCUT2D eigenvalue weighted by Gasteiger charge is 2.26. The van der Waals surface area contributed by atoms with E-state index in [-0.39, 0.29) is 23.5 Å². The minimum Gasteiger partial charge on any atom is -0.385 e. The Labute approximate surface area is 167 Å². The van der Waals surface area contributed by atoms with Gasteiger partial charge in [0.15, 0.2) is 5.82 Å². The first kappa shape index (κ1) is 19.2. The van der Waals surface area contributed by atoms with E-state index < -0.39 is 15.9 Å². The number of azo groups is 1. The number of hydrogen-bond donors (Lipinski definition) is 2. The van der Waals surface area contributed by atoms with Gasteiger partial charge < -0.3 is 15.5 Å². The van der Waals surface area contributed by atoms with Gasteiger partial charge in [-0.15, -0.1) is 10.2 Å². The van der Waals surface area contributed by atoms with Crippen LogP contribution in [-0.4, -0.2) is 49.9 Å². The van der Waals surface area contributed by atoms with Gasteiger partial charge in [0.05, 0.1) is 18.1 Å². The standard InChI is InChI=1S/C19H19N5O4S/c20-17-15-6-1-2-7-16(15)18(21-17)22-23-19(25)13-4-3-5-14(12-13)29(26,27)24-8-10-28-11-9-24/h1-7,12,21H,8-11,20H2. The number of nitrogen functional groups attached to an aromatic ring is 1. The first-order chi connectivity index (χ1) is 14.0. The fourth-order valence-electron chi connectivity index (χ4n) is 3.14. The second-order valence-corrected chi connectivity index (χ2v) is 8.42. The van der Waals surface area contributed by atoms with E-state index in [0.717, 1.165) is 10.8 Å². The maximum Gasteiger partial charge on any atom is 0.295 e. The third-order valence-corrected chi connectivity index (χ3v) is 6.55. The molecule has 0 unspecified atom stereocenters. The molecule has 1 fully saturated rings. The number of fused-ring (bicyclic) bond motifs is 1. The Morgan fingerprint density at radius 1 is 1.07 bits per heavy atom. The van der Waals surface area contributed by atoms with E-state index >= 15 is 0 Å². The predicted octanol–water partition coefficient (Wildman–Crippen LogP) is 2.70. The van der Waals surface area contributed by atoms with Crippen molar-refractivity contribution in [1.82, 2.24) is 9.29 Å². The Morgan fingerprint density at radius 3 is 2.55 bits per heavy atom. The molecule has 0 bridgehead atoms. The summed E-state index contributed by atoms with van der Waals surface area (Å²) in [5, 5.41) is 9.24. The normalized spacial score (nSPS) is 15.9. The number of rotatable bonds is 4. The van der Waals surface area contributed by atoms with Crippen molar-refractivity contribution in [3.8, 4) is 0 Å². The van der Waals surface area contributed by atoms with Gasteiger partial charge in [-0.25, -0.2) is 8.42 Å². The molecule has 1 amide bonds. The molecule has 10 heteroatoms. The Bertz CT molecular complexity index is 1200. The molecule has 0 aliphatic carbocycles. The van der Waals surface area contributed by atoms with Crippen molar-refractivity contribution in [2.45, 2.75) is 4.90 Å². The SMILES string of the molecule is Nc1[nH]c(N=NC(=O)c2cccc(S(=O)(=O)N3CCOCC3)c2)c2ccccc12. The average molecular weight is 413 g/mol. The van der Waals surface area contributed by atoms with E-state index in [0.29, 0.717) is 24.8 Å². The van der Waals surface area contributed by atoms with Crippen LogP contribution < -0.4 is 5.73 Å². The van der Waals surface area contributed by atoms with Crippen LogP contribution in [0.3, 0.4) is 0 Å². The van der Waals surface area contributed by atoms with Crippen LogP contribution in [0.1, 0.15) is 10.4 Å². The second kappa shape index (κ2) is 7.74. The summed E-state index contributed by atoms with van der Waals surface area (Å²) in [5.41, 5.74) is 6.04. The molecule has 0 spiro atoms. The van der Waals surface area contributed by atoms with E-state index in [4.69, 9.17) is 10.5 Å². The monoisotopic (exact) mass is 413 g/mol. The third-order valence-electron chi connectivity index (χ3n) is 4.66. The van der Waals surface area contributed by atoms with Gasteiger partial charge in [0.25, 0.3) is 5.91 Å². The largest absolute Gasteiger partial charge is 0.385 e. The van der Waals surface area contributed by atoms with Crippen molar-refractivity contribution < 1.29 is 17.9 Å². The predicted molar refractivity (Wildman–Crippen MR) is 108 cm³/mol. The highest BCUT2D eigenvalue weighted by Crippen LogP contribution is 2.30. The number of anilines is 1. The summed E-state index contributed by atoms with van der Waals surface area (Å²) in [6.07, 6.45) is 0. The summed E-state index contributed by atoms with van der Waals surface area (Å²) >= 11 is 0. The molecule has 2 heterocycles. The number of aromatic amines is 1. The number of benzene rings is 2. The molecule has 3 N–H and O–H groups in total. The van der Waals surface area contributed by atoms with Gasteiger partial charge in [0.1, 0.15) is 5.82 Å². The molecule has 1 aromatic heterocycles. The van der Waals surface area contributed by atoms with Crippen LogP contribution in [0.5, 0.6) is 0 Å². The third kappa shape index (κ3) is 3.77. The highest BCUT2D eigenvalue weighted by molar-refractivity contribution is 7.89. The van der Waals surface area contributed by atoms with Crippen LogP contribution in [0.2, 0.25) is 0 Å². The van der Waals surface area contributed by atoms with Crippen molar-refractivity contribution in [1.29, 1.82) is 0 Å². The fraction of sp³-hybridized carbons (Fsp3) is 0.211. The number of hydrogen-bond acceptors (Lipinski definition) is 6. The van der Waals surface area contributed by atoms with Gasteiger partial charge in [-0.2, -0.15) is 4.31 Å². The van der Waals surface area contributed by atoms with Gasteiger partial charge in [0.2, 0.25) is 10.0 Å². The smallest absolute Gasteiger partial charge is 0.295 e. The zero-order valence-corrected chi connectivity index (χ0v) is 16.2. The van der Waals surface area contributed by atoms with E-state index in [1.165, 1.54) is 28.6 Å². The van der Waals surface area contributed by atoms with Gasteiger partial charge in [-0.05, 0) is 18.2 Å². The summed E-state index contributed by atoms with van der Waals surface area (Å²) in [5.74, 6) is 0.144. The lowest BCUT2D eigenvalue weighted by Crippen LogP contribution is -2.40. The maximum atomic E-state index is 12.8. The van der Waals surface area contributed by atoms with E-state index in [1.807, 2.05) is 24.3 Å². The number of ether oxygens (including phenoxy) is 1. The van der Waals surface area contributed by atoms with Crippen LogP contribution in [0.4, 0.5) is 11.6 Å². The number of sulfonamides is 1. The maximum absolute atomic E-state index is 12.8. The molecule has 1 aliphatic heterocycles. The van der Waals surface area contributed by atoms with E-state index in [2.05, 4.69) is 15.2 Å². The lowest BCUT2D eigenvalue weighted by atomic mass is 10.2. The lowest BCUT2D eigenvalue weighted by Gasteiger charge is -2.26. The van der Waals surface area contributed by atoms with Crippen LogP contribution >= 0.6 is 0 Å². The molecule has 1 saturated heterocycles. The van der Waals surface area contributed by atoms with Gasteiger partial charge in [-0.3, -0.25) is 4.79 Å². The lowest BCUT2D eigenvalue weighted by molar-refractivity contribution is 0.0730. The second-order valence-electron chi connectivity index (χ2n) is 6.48. The Hall–Kier alpha value is -3.08. The summed E-state index contributed by atoms with van der Waals surface area (Å²) in [6.45, 7) is 1.25. The minimum absolute atomic E-state index is 0.0371. The van der Waals surface area contributed by atoms with Gasteiger partial charge >= 0.3 is 0 Å². The van der Waals surface area contributed by atoms with E-state index in [1.54, 1.807) is 0 Å². The van der Waals surface area contributed by atoms with Crippen molar-refractivity contribution >= 4 is 38.3 Å². The van der Waals surface area contributed by atoms with Crippen LogP contribution in [0, 0.1) is 0 Å². The molecular formula is C19H19N5O4S. The van der Waals surface area contributed by atoms with Crippen molar-refractivity contribution in [2.75, 3.05) is 32.0 Å². The minimum atomic E-state index is -3.70. The summed E-state index contributed by atoms with van der Waals surface area (Å²) in [6, 6.07) is 13.1. The molecule has 150 valence electrons. The van der Waals surface area contributed by atoms with Crippen molar-refractivity contribution in [3.05, 3.63) is 54.1 Å². The van der Waals surface area contributed by atoms with Crippen LogP contribution in [0.15, 0.2) is 63.7 Å². The van der Waals surface area contributed by atoms with E-state index in [9.17, 15) is 13.2 Å². The Balaban J connectivity index is 1.59. The number of nitrogens with zero attached hydrogens (tertiary/aromatic N) is 3. The molecule has 0 saturated carbocycles. The number of carbonyl (C=O) groups excluding carboxylic acids is 1.